The van der Waals surface area contributed by atoms with Gasteiger partial charge in [0.15, 0.2) is 0 Å². The zero-order valence-corrected chi connectivity index (χ0v) is 18.1. The first-order chi connectivity index (χ1) is 14.8. The summed E-state index contributed by atoms with van der Waals surface area (Å²) < 4.78 is 1.74. The first kappa shape index (κ1) is 20.8. The van der Waals surface area contributed by atoms with Crippen LogP contribution in [0.4, 0.5) is 5.95 Å². The molecule has 1 unspecified atom stereocenters. The third-order valence-electron chi connectivity index (χ3n) is 5.43. The number of carbonyl (C=O) groups is 1. The van der Waals surface area contributed by atoms with E-state index in [4.69, 9.17) is 4.98 Å². The molecule has 0 bridgehead atoms. The third-order valence-corrected chi connectivity index (χ3v) is 5.43. The number of nitrogens with one attached hydrogen (secondary N) is 1. The average molecular weight is 418 g/mol. The van der Waals surface area contributed by atoms with Crippen LogP contribution >= 0.6 is 0 Å². The van der Waals surface area contributed by atoms with E-state index in [0.29, 0.717) is 24.7 Å². The number of hydrogen-bond donors (Lipinski definition) is 1. The summed E-state index contributed by atoms with van der Waals surface area (Å²) in [7, 11) is 0. The Hall–Kier alpha value is -3.48. The average Bonchev–Trinajstić information content (AvgIpc) is 2.74. The predicted molar refractivity (Wildman–Crippen MR) is 121 cm³/mol. The molecule has 7 heteroatoms. The number of aromatic nitrogens is 3. The molecule has 3 aromatic rings. The summed E-state index contributed by atoms with van der Waals surface area (Å²) >= 11 is 0. The molecule has 1 N–H and O–H groups in total. The number of hydrogen-bond acceptors (Lipinski definition) is 5. The molecule has 31 heavy (non-hydrogen) atoms. The van der Waals surface area contributed by atoms with Gasteiger partial charge < -0.3 is 10.2 Å². The highest BCUT2D eigenvalue weighted by Gasteiger charge is 2.33. The fourth-order valence-corrected chi connectivity index (χ4v) is 4.15. The zero-order valence-electron chi connectivity index (χ0n) is 18.1. The lowest BCUT2D eigenvalue weighted by Crippen LogP contribution is -2.50. The van der Waals surface area contributed by atoms with E-state index in [1.807, 2.05) is 42.5 Å². The molecule has 0 radical (unpaired) electrons. The minimum atomic E-state index is -0.220. The van der Waals surface area contributed by atoms with E-state index < -0.39 is 0 Å². The SMILES string of the molecule is CC(=O)NC(CN1CC(C)(C)Cn2c1nc(-c1ccncc1)cc2=O)c1ccccc1. The van der Waals surface area contributed by atoms with Crippen molar-refractivity contribution in [3.05, 3.63) is 76.8 Å². The van der Waals surface area contributed by atoms with Crippen LogP contribution < -0.4 is 15.8 Å². The van der Waals surface area contributed by atoms with Crippen LogP contribution in [0.25, 0.3) is 11.3 Å². The molecule has 7 nitrogen and oxygen atoms in total. The van der Waals surface area contributed by atoms with Crippen LogP contribution in [0.3, 0.4) is 0 Å². The summed E-state index contributed by atoms with van der Waals surface area (Å²) in [5, 5.41) is 3.06. The fourth-order valence-electron chi connectivity index (χ4n) is 4.15. The molecular weight excluding hydrogens is 390 g/mol. The molecule has 3 heterocycles. The summed E-state index contributed by atoms with van der Waals surface area (Å²) in [5.41, 5.74) is 2.29. The number of benzene rings is 1. The molecule has 1 aromatic carbocycles. The second kappa shape index (κ2) is 8.34. The second-order valence-electron chi connectivity index (χ2n) is 8.81. The van der Waals surface area contributed by atoms with Gasteiger partial charge in [-0.2, -0.15) is 0 Å². The van der Waals surface area contributed by atoms with Crippen LogP contribution in [-0.2, 0) is 11.3 Å². The number of amides is 1. The molecule has 0 saturated heterocycles. The lowest BCUT2D eigenvalue weighted by molar-refractivity contribution is -0.119. The first-order valence-electron chi connectivity index (χ1n) is 10.4. The zero-order chi connectivity index (χ0) is 22.0. The Morgan fingerprint density at radius 2 is 1.84 bits per heavy atom. The van der Waals surface area contributed by atoms with Crippen molar-refractivity contribution in [3.8, 4) is 11.3 Å². The molecule has 0 aliphatic carbocycles. The molecule has 2 aromatic heterocycles. The predicted octanol–water partition coefficient (Wildman–Crippen LogP) is 3.03. The van der Waals surface area contributed by atoms with E-state index >= 15 is 0 Å². The van der Waals surface area contributed by atoms with Gasteiger partial charge in [0.05, 0.1) is 11.7 Å². The molecule has 1 aliphatic rings. The largest absolute Gasteiger partial charge is 0.348 e. The monoisotopic (exact) mass is 417 g/mol. The molecule has 0 saturated carbocycles. The second-order valence-corrected chi connectivity index (χ2v) is 8.81. The van der Waals surface area contributed by atoms with Gasteiger partial charge in [0, 0.05) is 56.0 Å². The Labute approximate surface area is 181 Å². The van der Waals surface area contributed by atoms with Gasteiger partial charge >= 0.3 is 0 Å². The van der Waals surface area contributed by atoms with Crippen molar-refractivity contribution < 1.29 is 4.79 Å². The van der Waals surface area contributed by atoms with Crippen molar-refractivity contribution >= 4 is 11.9 Å². The van der Waals surface area contributed by atoms with Gasteiger partial charge in [-0.3, -0.25) is 19.1 Å². The Bertz CT molecular complexity index is 1130. The molecular formula is C24H27N5O2. The minimum absolute atomic E-state index is 0.0784. The van der Waals surface area contributed by atoms with E-state index in [-0.39, 0.29) is 22.9 Å². The smallest absolute Gasteiger partial charge is 0.255 e. The van der Waals surface area contributed by atoms with Crippen molar-refractivity contribution in [3.63, 3.8) is 0 Å². The summed E-state index contributed by atoms with van der Waals surface area (Å²) in [6.45, 7) is 7.64. The maximum atomic E-state index is 13.0. The van der Waals surface area contributed by atoms with Crippen molar-refractivity contribution in [1.29, 1.82) is 0 Å². The number of anilines is 1. The van der Waals surface area contributed by atoms with Gasteiger partial charge in [0.1, 0.15) is 0 Å². The standard InChI is InChI=1S/C24H27N5O2/c1-17(30)26-21(18-7-5-4-6-8-18)14-28-15-24(2,3)16-29-22(31)13-20(27-23(28)29)19-9-11-25-12-10-19/h4-13,21H,14-16H2,1-3H3,(H,26,30). The van der Waals surface area contributed by atoms with Gasteiger partial charge in [-0.05, 0) is 17.7 Å². The highest BCUT2D eigenvalue weighted by atomic mass is 16.1. The maximum Gasteiger partial charge on any atom is 0.255 e. The molecule has 160 valence electrons. The summed E-state index contributed by atoms with van der Waals surface area (Å²) in [6, 6.07) is 14.9. The van der Waals surface area contributed by atoms with Crippen LogP contribution in [0.2, 0.25) is 0 Å². The van der Waals surface area contributed by atoms with Gasteiger partial charge in [-0.1, -0.05) is 44.2 Å². The third kappa shape index (κ3) is 4.66. The topological polar surface area (TPSA) is 80.1 Å². The van der Waals surface area contributed by atoms with E-state index in [0.717, 1.165) is 17.7 Å². The lowest BCUT2D eigenvalue weighted by Gasteiger charge is -2.41. The lowest BCUT2D eigenvalue weighted by atomic mass is 9.90. The minimum Gasteiger partial charge on any atom is -0.348 e. The van der Waals surface area contributed by atoms with Gasteiger partial charge in [0.2, 0.25) is 11.9 Å². The van der Waals surface area contributed by atoms with Gasteiger partial charge in [0.25, 0.3) is 5.56 Å². The van der Waals surface area contributed by atoms with E-state index in [1.165, 1.54) is 6.92 Å². The van der Waals surface area contributed by atoms with Crippen LogP contribution in [0, 0.1) is 5.41 Å². The van der Waals surface area contributed by atoms with Crippen molar-refractivity contribution in [2.75, 3.05) is 18.0 Å². The van der Waals surface area contributed by atoms with Crippen LogP contribution in [0.5, 0.6) is 0 Å². The molecule has 1 amide bonds. The molecule has 1 aliphatic heterocycles. The number of pyridine rings is 1. The number of nitrogens with zero attached hydrogens (tertiary/aromatic N) is 4. The van der Waals surface area contributed by atoms with Crippen LogP contribution in [-0.4, -0.2) is 33.5 Å². The van der Waals surface area contributed by atoms with E-state index in [2.05, 4.69) is 29.0 Å². The number of fused-ring (bicyclic) bond motifs is 1. The Morgan fingerprint density at radius 1 is 1.13 bits per heavy atom. The van der Waals surface area contributed by atoms with Gasteiger partial charge in [-0.15, -0.1) is 0 Å². The van der Waals surface area contributed by atoms with Crippen molar-refractivity contribution in [2.24, 2.45) is 5.41 Å². The summed E-state index contributed by atoms with van der Waals surface area (Å²) in [4.78, 5) is 36.0. The number of carbonyl (C=O) groups excluding carboxylic acids is 1. The van der Waals surface area contributed by atoms with Crippen LogP contribution in [0.1, 0.15) is 32.4 Å². The summed E-state index contributed by atoms with van der Waals surface area (Å²) in [6.07, 6.45) is 3.38. The quantitative estimate of drug-likeness (QED) is 0.690. The highest BCUT2D eigenvalue weighted by Crippen LogP contribution is 2.31. The Balaban J connectivity index is 1.77. The fraction of sp³-hybridized carbons (Fsp3) is 0.333. The molecule has 1 atom stereocenters. The Kier molecular flexibility index (Phi) is 5.59. The molecule has 0 fully saturated rings. The normalized spacial score (nSPS) is 15.8. The molecule has 4 rings (SSSR count). The van der Waals surface area contributed by atoms with Gasteiger partial charge in [-0.25, -0.2) is 4.98 Å². The first-order valence-corrected chi connectivity index (χ1v) is 10.4. The Morgan fingerprint density at radius 3 is 2.52 bits per heavy atom. The maximum absolute atomic E-state index is 13.0. The van der Waals surface area contributed by atoms with E-state index in [9.17, 15) is 9.59 Å². The van der Waals surface area contributed by atoms with Crippen molar-refractivity contribution in [1.82, 2.24) is 19.9 Å². The highest BCUT2D eigenvalue weighted by molar-refractivity contribution is 5.73. The van der Waals surface area contributed by atoms with Crippen LogP contribution in [0.15, 0.2) is 65.7 Å². The molecule has 0 spiro atoms. The van der Waals surface area contributed by atoms with E-state index in [1.54, 1.807) is 23.0 Å². The van der Waals surface area contributed by atoms with Crippen molar-refractivity contribution in [2.45, 2.75) is 33.4 Å². The number of rotatable bonds is 5. The summed E-state index contributed by atoms with van der Waals surface area (Å²) in [5.74, 6) is 0.533.